The third-order valence-electron chi connectivity index (χ3n) is 3.44. The molecule has 3 N–H and O–H groups in total. The fourth-order valence-electron chi connectivity index (χ4n) is 2.25. The number of carbonyl (C=O) groups excluding carboxylic acids is 1. The highest BCUT2D eigenvalue weighted by Gasteiger charge is 2.11. The van der Waals surface area contributed by atoms with Gasteiger partial charge in [0.05, 0.1) is 13.5 Å². The molecule has 0 saturated carbocycles. The molecule has 2 aromatic rings. The highest BCUT2D eigenvalue weighted by molar-refractivity contribution is 5.87. The Morgan fingerprint density at radius 1 is 1.39 bits per heavy atom. The summed E-state index contributed by atoms with van der Waals surface area (Å²) in [6.45, 7) is 4.73. The molecule has 1 heterocycles. The maximum atomic E-state index is 11.4. The molecule has 0 bridgehead atoms. The molecule has 0 radical (unpaired) electrons. The van der Waals surface area contributed by atoms with Crippen molar-refractivity contribution in [3.05, 3.63) is 30.0 Å². The first-order valence-corrected chi connectivity index (χ1v) is 7.71. The zero-order chi connectivity index (χ0) is 16.8. The molecule has 0 amide bonds. The molecule has 0 spiro atoms. The second kappa shape index (κ2) is 7.99. The highest BCUT2D eigenvalue weighted by atomic mass is 16.5. The van der Waals surface area contributed by atoms with Gasteiger partial charge in [0.1, 0.15) is 18.5 Å². The Morgan fingerprint density at radius 2 is 2.17 bits per heavy atom. The van der Waals surface area contributed by atoms with Gasteiger partial charge in [-0.3, -0.25) is 4.79 Å². The molecule has 0 aliphatic carbocycles. The summed E-state index contributed by atoms with van der Waals surface area (Å²) in [6, 6.07) is 7.83. The fraction of sp³-hybridized carbons (Fsp3) is 0.471. The lowest BCUT2D eigenvalue weighted by Gasteiger charge is -2.15. The van der Waals surface area contributed by atoms with Crippen LogP contribution in [0.1, 0.15) is 19.5 Å². The number of benzene rings is 1. The van der Waals surface area contributed by atoms with Gasteiger partial charge < -0.3 is 24.9 Å². The molecule has 2 rings (SSSR count). The van der Waals surface area contributed by atoms with Crippen LogP contribution < -0.4 is 10.1 Å². The SMILES string of the molecule is COC(=O)Cc1cc2c(OCC(O)CNC(C)C)cccc2[nH]1. The summed E-state index contributed by atoms with van der Waals surface area (Å²) in [5.41, 5.74) is 1.65. The summed E-state index contributed by atoms with van der Waals surface area (Å²) in [4.78, 5) is 14.5. The maximum absolute atomic E-state index is 11.4. The van der Waals surface area contributed by atoms with Crippen LogP contribution in [0.5, 0.6) is 5.75 Å². The van der Waals surface area contributed by atoms with Crippen molar-refractivity contribution in [1.82, 2.24) is 10.3 Å². The van der Waals surface area contributed by atoms with E-state index in [2.05, 4.69) is 15.0 Å². The summed E-state index contributed by atoms with van der Waals surface area (Å²) in [5, 5.41) is 14.0. The molecule has 1 unspecified atom stereocenters. The summed E-state index contributed by atoms with van der Waals surface area (Å²) in [5.74, 6) is 0.382. The van der Waals surface area contributed by atoms with E-state index in [4.69, 9.17) is 4.74 Å². The van der Waals surface area contributed by atoms with Crippen molar-refractivity contribution >= 4 is 16.9 Å². The van der Waals surface area contributed by atoms with Gasteiger partial charge in [0.2, 0.25) is 0 Å². The summed E-state index contributed by atoms with van der Waals surface area (Å²) in [7, 11) is 1.37. The van der Waals surface area contributed by atoms with Gasteiger partial charge in [-0.05, 0) is 18.2 Å². The van der Waals surface area contributed by atoms with Gasteiger partial charge in [0.25, 0.3) is 0 Å². The largest absolute Gasteiger partial charge is 0.490 e. The number of carbonyl (C=O) groups is 1. The number of methoxy groups -OCH3 is 1. The van der Waals surface area contributed by atoms with Crippen molar-refractivity contribution in [2.24, 2.45) is 0 Å². The first kappa shape index (κ1) is 17.3. The zero-order valence-electron chi connectivity index (χ0n) is 13.8. The molecule has 0 fully saturated rings. The second-order valence-corrected chi connectivity index (χ2v) is 5.79. The number of hydrogen-bond acceptors (Lipinski definition) is 5. The lowest BCUT2D eigenvalue weighted by molar-refractivity contribution is -0.139. The quantitative estimate of drug-likeness (QED) is 0.644. The zero-order valence-corrected chi connectivity index (χ0v) is 13.8. The van der Waals surface area contributed by atoms with Gasteiger partial charge in [0.15, 0.2) is 0 Å². The second-order valence-electron chi connectivity index (χ2n) is 5.79. The predicted octanol–water partition coefficient (Wildman–Crippen LogP) is 1.62. The van der Waals surface area contributed by atoms with Crippen LogP contribution in [0.25, 0.3) is 10.9 Å². The lowest BCUT2D eigenvalue weighted by atomic mass is 10.2. The third-order valence-corrected chi connectivity index (χ3v) is 3.44. The van der Waals surface area contributed by atoms with Crippen LogP contribution in [0.4, 0.5) is 0 Å². The minimum absolute atomic E-state index is 0.186. The molecular formula is C17H24N2O4. The lowest BCUT2D eigenvalue weighted by Crippen LogP contribution is -2.35. The third kappa shape index (κ3) is 4.97. The van der Waals surface area contributed by atoms with E-state index in [0.29, 0.717) is 18.3 Å². The topological polar surface area (TPSA) is 83.6 Å². The van der Waals surface area contributed by atoms with E-state index in [0.717, 1.165) is 16.6 Å². The first-order chi connectivity index (χ1) is 11.0. The molecule has 23 heavy (non-hydrogen) atoms. The first-order valence-electron chi connectivity index (χ1n) is 7.71. The number of aromatic amines is 1. The number of hydrogen-bond donors (Lipinski definition) is 3. The van der Waals surface area contributed by atoms with Crippen molar-refractivity contribution in [2.75, 3.05) is 20.3 Å². The standard InChI is InChI=1S/C17H24N2O4/c1-11(2)18-9-13(20)10-23-16-6-4-5-15-14(16)7-12(19-15)8-17(21)22-3/h4-7,11,13,18-20H,8-10H2,1-3H3. The van der Waals surface area contributed by atoms with E-state index in [-0.39, 0.29) is 19.0 Å². The molecule has 1 aromatic carbocycles. The van der Waals surface area contributed by atoms with E-state index < -0.39 is 6.10 Å². The minimum atomic E-state index is -0.582. The number of esters is 1. The van der Waals surface area contributed by atoms with Crippen molar-refractivity contribution in [3.63, 3.8) is 0 Å². The number of nitrogens with one attached hydrogen (secondary N) is 2. The van der Waals surface area contributed by atoms with Crippen LogP contribution in [-0.2, 0) is 16.0 Å². The molecular weight excluding hydrogens is 296 g/mol. The fourth-order valence-corrected chi connectivity index (χ4v) is 2.25. The Bertz CT molecular complexity index is 651. The summed E-state index contributed by atoms with van der Waals surface area (Å²) >= 11 is 0. The highest BCUT2D eigenvalue weighted by Crippen LogP contribution is 2.26. The average molecular weight is 320 g/mol. The number of aliphatic hydroxyl groups excluding tert-OH is 1. The Kier molecular flexibility index (Phi) is 6.01. The molecule has 0 saturated heterocycles. The van der Waals surface area contributed by atoms with E-state index in [1.165, 1.54) is 7.11 Å². The molecule has 0 aliphatic rings. The van der Waals surface area contributed by atoms with Gasteiger partial charge >= 0.3 is 5.97 Å². The molecule has 1 atom stereocenters. The molecule has 1 aromatic heterocycles. The number of fused-ring (bicyclic) bond motifs is 1. The van der Waals surface area contributed by atoms with Gasteiger partial charge in [-0.1, -0.05) is 19.9 Å². The summed E-state index contributed by atoms with van der Waals surface area (Å²) < 4.78 is 10.4. The maximum Gasteiger partial charge on any atom is 0.311 e. The summed E-state index contributed by atoms with van der Waals surface area (Å²) in [6.07, 6.45) is -0.396. The Labute approximate surface area is 135 Å². The van der Waals surface area contributed by atoms with Crippen LogP contribution in [-0.4, -0.2) is 48.5 Å². The van der Waals surface area contributed by atoms with Gasteiger partial charge in [-0.2, -0.15) is 0 Å². The Morgan fingerprint density at radius 3 is 2.87 bits per heavy atom. The smallest absolute Gasteiger partial charge is 0.311 e. The number of rotatable bonds is 8. The molecule has 0 aliphatic heterocycles. The Balaban J connectivity index is 2.04. The van der Waals surface area contributed by atoms with Crippen molar-refractivity contribution in [3.8, 4) is 5.75 Å². The number of ether oxygens (including phenoxy) is 2. The van der Waals surface area contributed by atoms with Crippen molar-refractivity contribution in [2.45, 2.75) is 32.4 Å². The number of aromatic nitrogens is 1. The van der Waals surface area contributed by atoms with Crippen LogP contribution in [0, 0.1) is 0 Å². The molecule has 126 valence electrons. The number of aliphatic hydroxyl groups is 1. The molecule has 6 nitrogen and oxygen atoms in total. The van der Waals surface area contributed by atoms with Crippen LogP contribution >= 0.6 is 0 Å². The Hall–Kier alpha value is -2.05. The van der Waals surface area contributed by atoms with Crippen molar-refractivity contribution in [1.29, 1.82) is 0 Å². The minimum Gasteiger partial charge on any atom is -0.490 e. The van der Waals surface area contributed by atoms with Gasteiger partial charge in [0, 0.05) is 29.2 Å². The van der Waals surface area contributed by atoms with Crippen molar-refractivity contribution < 1.29 is 19.4 Å². The molecule has 6 heteroatoms. The van der Waals surface area contributed by atoms with Gasteiger partial charge in [-0.25, -0.2) is 0 Å². The monoisotopic (exact) mass is 320 g/mol. The van der Waals surface area contributed by atoms with E-state index in [1.807, 2.05) is 38.1 Å². The number of H-pyrrole nitrogens is 1. The predicted molar refractivity (Wildman–Crippen MR) is 88.7 cm³/mol. The van der Waals surface area contributed by atoms with E-state index >= 15 is 0 Å². The van der Waals surface area contributed by atoms with E-state index in [1.54, 1.807) is 0 Å². The average Bonchev–Trinajstić information content (AvgIpc) is 2.93. The van der Waals surface area contributed by atoms with Crippen LogP contribution in [0.2, 0.25) is 0 Å². The van der Waals surface area contributed by atoms with Crippen LogP contribution in [0.15, 0.2) is 24.3 Å². The van der Waals surface area contributed by atoms with Gasteiger partial charge in [-0.15, -0.1) is 0 Å². The normalized spacial score (nSPS) is 12.6. The van der Waals surface area contributed by atoms with E-state index in [9.17, 15) is 9.90 Å². The van der Waals surface area contributed by atoms with Crippen LogP contribution in [0.3, 0.4) is 0 Å².